The van der Waals surface area contributed by atoms with Crippen LogP contribution in [-0.2, 0) is 9.59 Å². The van der Waals surface area contributed by atoms with Crippen molar-refractivity contribution in [3.8, 4) is 0 Å². The smallest absolute Gasteiger partial charge is 0.237 e. The molecule has 0 radical (unpaired) electrons. The summed E-state index contributed by atoms with van der Waals surface area (Å²) in [5.74, 6) is 0.794. The summed E-state index contributed by atoms with van der Waals surface area (Å²) in [6, 6.07) is 7.96. The van der Waals surface area contributed by atoms with E-state index in [9.17, 15) is 9.59 Å². The van der Waals surface area contributed by atoms with Gasteiger partial charge < -0.3 is 9.80 Å². The molecule has 0 fully saturated rings. The molecule has 1 heterocycles. The fourth-order valence-corrected chi connectivity index (χ4v) is 3.46. The standard InChI is InChI=1S/C16H22N2O2S/c1-3-17(4-2)15(19)10-7-11-18-13-8-5-6-9-14(13)21-12-16(18)20/h5-6,8-9H,3-4,7,10-12H2,1-2H3. The van der Waals surface area contributed by atoms with Gasteiger partial charge in [-0.05, 0) is 32.4 Å². The van der Waals surface area contributed by atoms with Gasteiger partial charge in [0, 0.05) is 31.0 Å². The normalized spacial score (nSPS) is 14.0. The molecule has 114 valence electrons. The molecular formula is C16H22N2O2S. The van der Waals surface area contributed by atoms with Gasteiger partial charge in [-0.3, -0.25) is 9.59 Å². The third kappa shape index (κ3) is 3.79. The van der Waals surface area contributed by atoms with Crippen molar-refractivity contribution >= 4 is 29.3 Å². The van der Waals surface area contributed by atoms with Crippen LogP contribution >= 0.6 is 11.8 Å². The number of hydrogen-bond donors (Lipinski definition) is 0. The maximum atomic E-state index is 12.1. The Morgan fingerprint density at radius 1 is 1.29 bits per heavy atom. The Morgan fingerprint density at radius 2 is 2.00 bits per heavy atom. The molecule has 2 amide bonds. The highest BCUT2D eigenvalue weighted by Crippen LogP contribution is 2.34. The molecular weight excluding hydrogens is 284 g/mol. The fraction of sp³-hybridized carbons (Fsp3) is 0.500. The first kappa shape index (κ1) is 15.9. The summed E-state index contributed by atoms with van der Waals surface area (Å²) >= 11 is 1.59. The Kier molecular flexibility index (Phi) is 5.67. The predicted octanol–water partition coefficient (Wildman–Crippen LogP) is 2.77. The number of amides is 2. The van der Waals surface area contributed by atoms with Gasteiger partial charge in [-0.15, -0.1) is 11.8 Å². The van der Waals surface area contributed by atoms with E-state index in [0.717, 1.165) is 23.7 Å². The van der Waals surface area contributed by atoms with Crippen molar-refractivity contribution in [2.45, 2.75) is 31.6 Å². The number of nitrogens with zero attached hydrogens (tertiary/aromatic N) is 2. The van der Waals surface area contributed by atoms with Crippen LogP contribution in [0.1, 0.15) is 26.7 Å². The van der Waals surface area contributed by atoms with Crippen LogP contribution < -0.4 is 4.90 Å². The molecule has 21 heavy (non-hydrogen) atoms. The van der Waals surface area contributed by atoms with E-state index in [1.807, 2.05) is 47.9 Å². The van der Waals surface area contributed by atoms with Crippen molar-refractivity contribution in [1.29, 1.82) is 0 Å². The highest BCUT2D eigenvalue weighted by Gasteiger charge is 2.24. The monoisotopic (exact) mass is 306 g/mol. The number of hydrogen-bond acceptors (Lipinski definition) is 3. The average Bonchev–Trinajstić information content (AvgIpc) is 2.50. The molecule has 1 aliphatic rings. The Labute approximate surface area is 130 Å². The second kappa shape index (κ2) is 7.50. The van der Waals surface area contributed by atoms with Gasteiger partial charge in [0.25, 0.3) is 0 Å². The summed E-state index contributed by atoms with van der Waals surface area (Å²) in [6.07, 6.45) is 1.21. The Bertz CT molecular complexity index is 515. The SMILES string of the molecule is CCN(CC)C(=O)CCCN1C(=O)CSc2ccccc21. The van der Waals surface area contributed by atoms with Crippen molar-refractivity contribution < 1.29 is 9.59 Å². The first-order valence-electron chi connectivity index (χ1n) is 7.47. The number of thioether (sulfide) groups is 1. The summed E-state index contributed by atoms with van der Waals surface area (Å²) in [6.45, 7) is 6.09. The lowest BCUT2D eigenvalue weighted by molar-refractivity contribution is -0.131. The van der Waals surface area contributed by atoms with Crippen LogP contribution in [0.25, 0.3) is 0 Å². The highest BCUT2D eigenvalue weighted by atomic mass is 32.2. The lowest BCUT2D eigenvalue weighted by Crippen LogP contribution is -2.37. The van der Waals surface area contributed by atoms with Crippen LogP contribution in [0.3, 0.4) is 0 Å². The number of fused-ring (bicyclic) bond motifs is 1. The second-order valence-corrected chi connectivity index (χ2v) is 5.99. The third-order valence-electron chi connectivity index (χ3n) is 3.70. The van der Waals surface area contributed by atoms with Gasteiger partial charge in [0.05, 0.1) is 11.4 Å². The van der Waals surface area contributed by atoms with E-state index < -0.39 is 0 Å². The minimum atomic E-state index is 0.133. The molecule has 0 spiro atoms. The first-order valence-corrected chi connectivity index (χ1v) is 8.45. The molecule has 0 bridgehead atoms. The summed E-state index contributed by atoms with van der Waals surface area (Å²) in [5, 5.41) is 0. The molecule has 0 N–H and O–H groups in total. The summed E-state index contributed by atoms with van der Waals surface area (Å²) in [5.41, 5.74) is 0.981. The molecule has 1 aromatic carbocycles. The molecule has 0 atom stereocenters. The molecule has 0 saturated heterocycles. The number of carbonyl (C=O) groups is 2. The van der Waals surface area contributed by atoms with Crippen LogP contribution in [0.15, 0.2) is 29.2 Å². The highest BCUT2D eigenvalue weighted by molar-refractivity contribution is 8.00. The van der Waals surface area contributed by atoms with Gasteiger partial charge >= 0.3 is 0 Å². The van der Waals surface area contributed by atoms with Gasteiger partial charge in [-0.1, -0.05) is 12.1 Å². The van der Waals surface area contributed by atoms with Gasteiger partial charge in [-0.2, -0.15) is 0 Å². The molecule has 2 rings (SSSR count). The molecule has 1 aromatic rings. The van der Waals surface area contributed by atoms with Gasteiger partial charge in [0.15, 0.2) is 0 Å². The van der Waals surface area contributed by atoms with Crippen LogP contribution in [0.4, 0.5) is 5.69 Å². The number of benzene rings is 1. The van der Waals surface area contributed by atoms with Crippen molar-refractivity contribution in [2.75, 3.05) is 30.3 Å². The summed E-state index contributed by atoms with van der Waals surface area (Å²) < 4.78 is 0. The van der Waals surface area contributed by atoms with Gasteiger partial charge in [-0.25, -0.2) is 0 Å². The quantitative estimate of drug-likeness (QED) is 0.811. The number of anilines is 1. The zero-order valence-corrected chi connectivity index (χ0v) is 13.5. The Hall–Kier alpha value is -1.49. The van der Waals surface area contributed by atoms with E-state index in [4.69, 9.17) is 0 Å². The number of rotatable bonds is 6. The fourth-order valence-electron chi connectivity index (χ4n) is 2.52. The predicted molar refractivity (Wildman–Crippen MR) is 86.7 cm³/mol. The molecule has 4 nitrogen and oxygen atoms in total. The number of para-hydroxylation sites is 1. The van der Waals surface area contributed by atoms with E-state index in [1.54, 1.807) is 11.8 Å². The molecule has 5 heteroatoms. The van der Waals surface area contributed by atoms with E-state index in [-0.39, 0.29) is 11.8 Å². The van der Waals surface area contributed by atoms with Gasteiger partial charge in [0.1, 0.15) is 0 Å². The van der Waals surface area contributed by atoms with Crippen molar-refractivity contribution in [1.82, 2.24) is 4.90 Å². The van der Waals surface area contributed by atoms with Crippen molar-refractivity contribution in [2.24, 2.45) is 0 Å². The van der Waals surface area contributed by atoms with E-state index in [1.165, 1.54) is 0 Å². The van der Waals surface area contributed by atoms with Crippen LogP contribution in [0.5, 0.6) is 0 Å². The van der Waals surface area contributed by atoms with E-state index in [2.05, 4.69) is 0 Å². The molecule has 1 aliphatic heterocycles. The zero-order valence-electron chi connectivity index (χ0n) is 12.7. The largest absolute Gasteiger partial charge is 0.343 e. The third-order valence-corrected chi connectivity index (χ3v) is 4.74. The molecule has 0 aromatic heterocycles. The topological polar surface area (TPSA) is 40.6 Å². The van der Waals surface area contributed by atoms with Crippen LogP contribution in [0.2, 0.25) is 0 Å². The Balaban J connectivity index is 1.94. The minimum absolute atomic E-state index is 0.133. The lowest BCUT2D eigenvalue weighted by Gasteiger charge is -2.29. The first-order chi connectivity index (χ1) is 10.2. The van der Waals surface area contributed by atoms with E-state index >= 15 is 0 Å². The maximum Gasteiger partial charge on any atom is 0.237 e. The van der Waals surface area contributed by atoms with E-state index in [0.29, 0.717) is 25.1 Å². The summed E-state index contributed by atoms with van der Waals surface area (Å²) in [4.78, 5) is 28.9. The number of carbonyl (C=O) groups excluding carboxylic acids is 2. The molecule has 0 unspecified atom stereocenters. The Morgan fingerprint density at radius 3 is 2.71 bits per heavy atom. The second-order valence-electron chi connectivity index (χ2n) is 4.97. The summed E-state index contributed by atoms with van der Waals surface area (Å²) in [7, 11) is 0. The average molecular weight is 306 g/mol. The van der Waals surface area contributed by atoms with Crippen LogP contribution in [-0.4, -0.2) is 42.1 Å². The van der Waals surface area contributed by atoms with Crippen molar-refractivity contribution in [3.05, 3.63) is 24.3 Å². The maximum absolute atomic E-state index is 12.1. The molecule has 0 aliphatic carbocycles. The zero-order chi connectivity index (χ0) is 15.2. The lowest BCUT2D eigenvalue weighted by atomic mass is 10.2. The van der Waals surface area contributed by atoms with Gasteiger partial charge in [0.2, 0.25) is 11.8 Å². The molecule has 0 saturated carbocycles. The minimum Gasteiger partial charge on any atom is -0.343 e. The van der Waals surface area contributed by atoms with Crippen LogP contribution in [0, 0.1) is 0 Å². The van der Waals surface area contributed by atoms with Crippen molar-refractivity contribution in [3.63, 3.8) is 0 Å².